The summed E-state index contributed by atoms with van der Waals surface area (Å²) in [5.74, 6) is -0.470. The lowest BCUT2D eigenvalue weighted by molar-refractivity contribution is -0.149. The number of benzene rings is 1. The number of carbonyl (C=O) groups is 2. The molecule has 0 saturated carbocycles. The largest absolute Gasteiger partial charge is 0.466 e. The van der Waals surface area contributed by atoms with Crippen LogP contribution < -0.4 is 0 Å². The van der Waals surface area contributed by atoms with Crippen molar-refractivity contribution < 1.29 is 14.3 Å². The van der Waals surface area contributed by atoms with Gasteiger partial charge in [-0.2, -0.15) is 0 Å². The average Bonchev–Trinajstić information content (AvgIpc) is 2.49. The highest BCUT2D eigenvalue weighted by Crippen LogP contribution is 2.22. The highest BCUT2D eigenvalue weighted by molar-refractivity contribution is 6.31. The van der Waals surface area contributed by atoms with Crippen LogP contribution in [0.15, 0.2) is 18.2 Å². The number of esters is 1. The summed E-state index contributed by atoms with van der Waals surface area (Å²) in [5.41, 5.74) is 1.49. The second kappa shape index (κ2) is 6.94. The zero-order valence-corrected chi connectivity index (χ0v) is 13.2. The number of rotatable bonds is 3. The Hall–Kier alpha value is -1.55. The van der Waals surface area contributed by atoms with E-state index >= 15 is 0 Å². The van der Waals surface area contributed by atoms with Crippen molar-refractivity contribution in [3.63, 3.8) is 0 Å². The van der Waals surface area contributed by atoms with Crippen molar-refractivity contribution >= 4 is 23.5 Å². The zero-order valence-electron chi connectivity index (χ0n) is 12.4. The average molecular weight is 310 g/mol. The van der Waals surface area contributed by atoms with E-state index in [0.29, 0.717) is 30.3 Å². The van der Waals surface area contributed by atoms with Gasteiger partial charge in [0, 0.05) is 23.7 Å². The number of hydrogen-bond acceptors (Lipinski definition) is 3. The predicted molar refractivity (Wildman–Crippen MR) is 81.4 cm³/mol. The molecule has 0 aliphatic carbocycles. The van der Waals surface area contributed by atoms with Crippen molar-refractivity contribution in [3.05, 3.63) is 34.3 Å². The third-order valence-corrected chi connectivity index (χ3v) is 4.16. The highest BCUT2D eigenvalue weighted by atomic mass is 35.5. The molecular weight excluding hydrogens is 290 g/mol. The van der Waals surface area contributed by atoms with Gasteiger partial charge < -0.3 is 9.64 Å². The molecule has 1 aliphatic heterocycles. The molecule has 1 saturated heterocycles. The van der Waals surface area contributed by atoms with Crippen molar-refractivity contribution in [2.75, 3.05) is 19.7 Å². The number of ether oxygens (including phenoxy) is 1. The summed E-state index contributed by atoms with van der Waals surface area (Å²) in [6.07, 6.45) is 1.60. The van der Waals surface area contributed by atoms with Gasteiger partial charge in [0.2, 0.25) is 0 Å². The van der Waals surface area contributed by atoms with E-state index in [-0.39, 0.29) is 17.8 Å². The lowest BCUT2D eigenvalue weighted by Gasteiger charge is -2.31. The van der Waals surface area contributed by atoms with Crippen LogP contribution in [0.5, 0.6) is 0 Å². The minimum absolute atomic E-state index is 0.0521. The van der Waals surface area contributed by atoms with Gasteiger partial charge in [0.05, 0.1) is 12.5 Å². The molecule has 21 heavy (non-hydrogen) atoms. The summed E-state index contributed by atoms with van der Waals surface area (Å²) in [4.78, 5) is 26.1. The number of nitrogens with zero attached hydrogens (tertiary/aromatic N) is 1. The molecular formula is C16H20ClNO3. The molecule has 1 amide bonds. The fourth-order valence-corrected chi connectivity index (χ4v) is 2.69. The van der Waals surface area contributed by atoms with E-state index in [4.69, 9.17) is 16.3 Å². The first-order valence-electron chi connectivity index (χ1n) is 7.25. The van der Waals surface area contributed by atoms with Crippen molar-refractivity contribution in [1.29, 1.82) is 0 Å². The third kappa shape index (κ3) is 3.76. The Balaban J connectivity index is 2.08. The predicted octanol–water partition coefficient (Wildman–Crippen LogP) is 3.06. The molecule has 1 fully saturated rings. The third-order valence-electron chi connectivity index (χ3n) is 3.73. The maximum Gasteiger partial charge on any atom is 0.310 e. The Morgan fingerprint density at radius 1 is 1.43 bits per heavy atom. The number of amides is 1. The van der Waals surface area contributed by atoms with Crippen LogP contribution in [-0.2, 0) is 9.53 Å². The van der Waals surface area contributed by atoms with Gasteiger partial charge in [-0.05, 0) is 50.5 Å². The van der Waals surface area contributed by atoms with Crippen LogP contribution in [0.2, 0.25) is 5.02 Å². The Morgan fingerprint density at radius 2 is 2.19 bits per heavy atom. The van der Waals surface area contributed by atoms with E-state index in [2.05, 4.69) is 0 Å². The molecule has 1 unspecified atom stereocenters. The van der Waals surface area contributed by atoms with Crippen molar-refractivity contribution in [2.45, 2.75) is 26.7 Å². The molecule has 1 aromatic carbocycles. The quantitative estimate of drug-likeness (QED) is 0.806. The minimum Gasteiger partial charge on any atom is -0.466 e. The normalized spacial score (nSPS) is 18.4. The molecule has 1 atom stereocenters. The fourth-order valence-electron chi connectivity index (χ4n) is 2.57. The molecule has 1 heterocycles. The van der Waals surface area contributed by atoms with Crippen LogP contribution in [0, 0.1) is 12.8 Å². The highest BCUT2D eigenvalue weighted by Gasteiger charge is 2.29. The molecule has 114 valence electrons. The number of likely N-dealkylation sites (tertiary alicyclic amines) is 1. The molecule has 4 nitrogen and oxygen atoms in total. The zero-order chi connectivity index (χ0) is 15.4. The van der Waals surface area contributed by atoms with Crippen molar-refractivity contribution in [3.8, 4) is 0 Å². The number of carbonyl (C=O) groups excluding carboxylic acids is 2. The van der Waals surface area contributed by atoms with Crippen LogP contribution in [-0.4, -0.2) is 36.5 Å². The number of hydrogen-bond donors (Lipinski definition) is 0. The van der Waals surface area contributed by atoms with Gasteiger partial charge in [-0.1, -0.05) is 11.6 Å². The molecule has 0 radical (unpaired) electrons. The fraction of sp³-hybridized carbons (Fsp3) is 0.500. The molecule has 0 aromatic heterocycles. The van der Waals surface area contributed by atoms with Crippen LogP contribution in [0.1, 0.15) is 35.7 Å². The summed E-state index contributed by atoms with van der Waals surface area (Å²) < 4.78 is 5.06. The van der Waals surface area contributed by atoms with Gasteiger partial charge in [0.15, 0.2) is 0 Å². The summed E-state index contributed by atoms with van der Waals surface area (Å²) >= 11 is 5.98. The Morgan fingerprint density at radius 3 is 2.86 bits per heavy atom. The van der Waals surface area contributed by atoms with E-state index in [9.17, 15) is 9.59 Å². The van der Waals surface area contributed by atoms with Crippen LogP contribution >= 0.6 is 11.6 Å². The van der Waals surface area contributed by atoms with Gasteiger partial charge in [-0.15, -0.1) is 0 Å². The van der Waals surface area contributed by atoms with Gasteiger partial charge >= 0.3 is 5.97 Å². The monoisotopic (exact) mass is 309 g/mol. The van der Waals surface area contributed by atoms with Crippen LogP contribution in [0.4, 0.5) is 0 Å². The van der Waals surface area contributed by atoms with E-state index in [0.717, 1.165) is 18.4 Å². The molecule has 0 bridgehead atoms. The lowest BCUT2D eigenvalue weighted by Crippen LogP contribution is -2.42. The molecule has 5 heteroatoms. The van der Waals surface area contributed by atoms with Crippen molar-refractivity contribution in [1.82, 2.24) is 4.90 Å². The number of halogens is 1. The van der Waals surface area contributed by atoms with Crippen LogP contribution in [0.3, 0.4) is 0 Å². The first kappa shape index (κ1) is 15.8. The Kier molecular flexibility index (Phi) is 5.23. The second-order valence-corrected chi connectivity index (χ2v) is 5.71. The SMILES string of the molecule is CCOC(=O)C1CCCN(C(=O)c2ccc(Cl)c(C)c2)C1. The molecule has 2 rings (SSSR count). The van der Waals surface area contributed by atoms with Gasteiger partial charge in [0.1, 0.15) is 0 Å². The van der Waals surface area contributed by atoms with E-state index in [1.54, 1.807) is 30.0 Å². The molecule has 0 spiro atoms. The Bertz CT molecular complexity index is 544. The summed E-state index contributed by atoms with van der Waals surface area (Å²) in [6.45, 7) is 5.15. The molecule has 0 N–H and O–H groups in total. The topological polar surface area (TPSA) is 46.6 Å². The van der Waals surface area contributed by atoms with E-state index in [1.165, 1.54) is 0 Å². The Labute approximate surface area is 130 Å². The van der Waals surface area contributed by atoms with Gasteiger partial charge in [0.25, 0.3) is 5.91 Å². The maximum absolute atomic E-state index is 12.5. The van der Waals surface area contributed by atoms with Gasteiger partial charge in [-0.3, -0.25) is 9.59 Å². The first-order chi connectivity index (χ1) is 10.0. The van der Waals surface area contributed by atoms with E-state index in [1.807, 2.05) is 6.92 Å². The summed E-state index contributed by atoms with van der Waals surface area (Å²) in [6, 6.07) is 5.25. The van der Waals surface area contributed by atoms with Gasteiger partial charge in [-0.25, -0.2) is 0 Å². The lowest BCUT2D eigenvalue weighted by atomic mass is 9.97. The number of piperidine rings is 1. The van der Waals surface area contributed by atoms with Crippen LogP contribution in [0.25, 0.3) is 0 Å². The maximum atomic E-state index is 12.5. The summed E-state index contributed by atoms with van der Waals surface area (Å²) in [7, 11) is 0. The molecule has 1 aromatic rings. The minimum atomic E-state index is -0.212. The molecule has 1 aliphatic rings. The smallest absolute Gasteiger partial charge is 0.310 e. The van der Waals surface area contributed by atoms with E-state index < -0.39 is 0 Å². The summed E-state index contributed by atoms with van der Waals surface area (Å²) in [5, 5.41) is 0.648. The standard InChI is InChI=1S/C16H20ClNO3/c1-3-21-16(20)13-5-4-8-18(10-13)15(19)12-6-7-14(17)11(2)9-12/h6-7,9,13H,3-5,8,10H2,1-2H3. The van der Waals surface area contributed by atoms with Crippen molar-refractivity contribution in [2.24, 2.45) is 5.92 Å². The first-order valence-corrected chi connectivity index (χ1v) is 7.62. The second-order valence-electron chi connectivity index (χ2n) is 5.31. The number of aryl methyl sites for hydroxylation is 1.